The van der Waals surface area contributed by atoms with Crippen molar-refractivity contribution in [2.75, 3.05) is 6.61 Å². The largest absolute Gasteiger partial charge is 0.493 e. The molecule has 1 aliphatic rings. The maximum Gasteiger partial charge on any atom is 0.167 e. The van der Waals surface area contributed by atoms with Crippen molar-refractivity contribution >= 4 is 6.08 Å². The molecule has 1 aliphatic carbocycles. The van der Waals surface area contributed by atoms with Gasteiger partial charge in [0.05, 0.1) is 6.61 Å². The second kappa shape index (κ2) is 13.0. The van der Waals surface area contributed by atoms with Crippen molar-refractivity contribution in [1.82, 2.24) is 0 Å². The molecule has 4 rings (SSSR count). The van der Waals surface area contributed by atoms with E-state index in [0.717, 1.165) is 49.7 Å². The molecule has 1 nitrogen and oxygen atoms in total. The maximum atomic E-state index is 14.8. The lowest BCUT2D eigenvalue weighted by Gasteiger charge is -2.27. The Bertz CT molecular complexity index is 1190. The average Bonchev–Trinajstić information content (AvgIpc) is 2.91. The van der Waals surface area contributed by atoms with Crippen LogP contribution in [0.1, 0.15) is 80.9 Å². The monoisotopic (exact) mass is 506 g/mol. The van der Waals surface area contributed by atoms with Gasteiger partial charge in [0.2, 0.25) is 0 Å². The standard InChI is InChI=1S/C33H37F3O/c1-3-4-5-6-21-37-28-18-20-29(31(34)22-28)25-14-9-24(10-15-25)11-16-27-17-19-30(33(36)32(27)35)26-12-7-23(2)8-13-26/h7-8,11-13,16-20,22,24-25H,3-6,9-10,14-15,21H2,1-2H3/b16-11+. The molecule has 0 amide bonds. The topological polar surface area (TPSA) is 9.23 Å². The zero-order chi connectivity index (χ0) is 26.2. The van der Waals surface area contributed by atoms with Crippen LogP contribution >= 0.6 is 0 Å². The van der Waals surface area contributed by atoms with Crippen molar-refractivity contribution in [2.45, 2.75) is 71.1 Å². The number of ether oxygens (including phenoxy) is 1. The molecule has 0 bridgehead atoms. The summed E-state index contributed by atoms with van der Waals surface area (Å²) in [6.45, 7) is 4.75. The highest BCUT2D eigenvalue weighted by molar-refractivity contribution is 5.67. The third-order valence-corrected chi connectivity index (χ3v) is 7.47. The van der Waals surface area contributed by atoms with E-state index in [1.807, 2.05) is 37.3 Å². The van der Waals surface area contributed by atoms with Crippen LogP contribution in [-0.2, 0) is 0 Å². The normalized spacial score (nSPS) is 17.9. The first kappa shape index (κ1) is 27.0. The van der Waals surface area contributed by atoms with E-state index < -0.39 is 11.6 Å². The van der Waals surface area contributed by atoms with Crippen molar-refractivity contribution in [3.8, 4) is 16.9 Å². The molecule has 196 valence electrons. The molecule has 1 saturated carbocycles. The minimum Gasteiger partial charge on any atom is -0.493 e. The Morgan fingerprint density at radius 1 is 0.838 bits per heavy atom. The number of hydrogen-bond donors (Lipinski definition) is 0. The van der Waals surface area contributed by atoms with E-state index in [1.165, 1.54) is 18.9 Å². The van der Waals surface area contributed by atoms with Crippen LogP contribution < -0.4 is 4.74 Å². The Kier molecular flexibility index (Phi) is 9.49. The van der Waals surface area contributed by atoms with E-state index in [9.17, 15) is 13.2 Å². The number of unbranched alkanes of at least 4 members (excludes halogenated alkanes) is 3. The molecule has 4 heteroatoms. The second-order valence-electron chi connectivity index (χ2n) is 10.3. The summed E-state index contributed by atoms with van der Waals surface area (Å²) in [5.41, 5.74) is 3.01. The van der Waals surface area contributed by atoms with Crippen LogP contribution in [0.5, 0.6) is 5.75 Å². The summed E-state index contributed by atoms with van der Waals surface area (Å²) >= 11 is 0. The predicted octanol–water partition coefficient (Wildman–Crippen LogP) is 10.0. The summed E-state index contributed by atoms with van der Waals surface area (Å²) in [7, 11) is 0. The molecular weight excluding hydrogens is 469 g/mol. The molecule has 0 aliphatic heterocycles. The number of aryl methyl sites for hydroxylation is 1. The molecular formula is C33H37F3O. The van der Waals surface area contributed by atoms with E-state index >= 15 is 0 Å². The van der Waals surface area contributed by atoms with E-state index in [-0.39, 0.29) is 28.8 Å². The van der Waals surface area contributed by atoms with Crippen LogP contribution in [0.3, 0.4) is 0 Å². The van der Waals surface area contributed by atoms with Gasteiger partial charge < -0.3 is 4.74 Å². The van der Waals surface area contributed by atoms with Gasteiger partial charge in [-0.3, -0.25) is 0 Å². The van der Waals surface area contributed by atoms with E-state index in [4.69, 9.17) is 4.74 Å². The summed E-state index contributed by atoms with van der Waals surface area (Å²) in [6.07, 6.45) is 11.7. The lowest BCUT2D eigenvalue weighted by molar-refractivity contribution is 0.302. The van der Waals surface area contributed by atoms with Crippen LogP contribution in [0, 0.1) is 30.3 Å². The first-order valence-electron chi connectivity index (χ1n) is 13.6. The van der Waals surface area contributed by atoms with Gasteiger partial charge in [-0.1, -0.05) is 86.4 Å². The highest BCUT2D eigenvalue weighted by Gasteiger charge is 2.23. The van der Waals surface area contributed by atoms with Gasteiger partial charge in [0.15, 0.2) is 11.6 Å². The molecule has 0 aromatic heterocycles. The number of halogens is 3. The minimum atomic E-state index is -0.822. The van der Waals surface area contributed by atoms with Crippen molar-refractivity contribution in [3.63, 3.8) is 0 Å². The number of allylic oxidation sites excluding steroid dienone is 1. The Morgan fingerprint density at radius 2 is 1.59 bits per heavy atom. The SMILES string of the molecule is CCCCCCOc1ccc(C2CCC(/C=C/c3ccc(-c4ccc(C)cc4)c(F)c3F)CC2)c(F)c1. The summed E-state index contributed by atoms with van der Waals surface area (Å²) in [4.78, 5) is 0. The van der Waals surface area contributed by atoms with Crippen molar-refractivity contribution in [2.24, 2.45) is 5.92 Å². The van der Waals surface area contributed by atoms with Gasteiger partial charge in [0.25, 0.3) is 0 Å². The van der Waals surface area contributed by atoms with Crippen molar-refractivity contribution in [1.29, 1.82) is 0 Å². The van der Waals surface area contributed by atoms with Gasteiger partial charge in [-0.2, -0.15) is 0 Å². The highest BCUT2D eigenvalue weighted by atomic mass is 19.2. The zero-order valence-electron chi connectivity index (χ0n) is 21.9. The average molecular weight is 507 g/mol. The van der Waals surface area contributed by atoms with Crippen LogP contribution in [-0.4, -0.2) is 6.61 Å². The Labute approximate surface area is 219 Å². The fraction of sp³-hybridized carbons (Fsp3) is 0.394. The summed E-state index contributed by atoms with van der Waals surface area (Å²) in [5.74, 6) is -0.805. The molecule has 1 fully saturated rings. The molecule has 0 heterocycles. The Morgan fingerprint density at radius 3 is 2.30 bits per heavy atom. The fourth-order valence-electron chi connectivity index (χ4n) is 5.16. The van der Waals surface area contributed by atoms with Crippen LogP contribution in [0.2, 0.25) is 0 Å². The maximum absolute atomic E-state index is 14.8. The van der Waals surface area contributed by atoms with Crippen molar-refractivity contribution in [3.05, 3.63) is 94.8 Å². The third kappa shape index (κ3) is 7.06. The predicted molar refractivity (Wildman–Crippen MR) is 146 cm³/mol. The molecule has 3 aromatic carbocycles. The molecule has 37 heavy (non-hydrogen) atoms. The lowest BCUT2D eigenvalue weighted by Crippen LogP contribution is -2.13. The Hall–Kier alpha value is -3.01. The fourth-order valence-corrected chi connectivity index (χ4v) is 5.16. The van der Waals surface area contributed by atoms with E-state index in [1.54, 1.807) is 30.3 Å². The minimum absolute atomic E-state index is 0.172. The smallest absolute Gasteiger partial charge is 0.167 e. The molecule has 0 N–H and O–H groups in total. The molecule has 0 saturated heterocycles. The van der Waals surface area contributed by atoms with Gasteiger partial charge >= 0.3 is 0 Å². The number of rotatable bonds is 10. The first-order valence-corrected chi connectivity index (χ1v) is 13.6. The van der Waals surface area contributed by atoms with Crippen LogP contribution in [0.15, 0.2) is 60.7 Å². The molecule has 0 unspecified atom stereocenters. The summed E-state index contributed by atoms with van der Waals surface area (Å²) < 4.78 is 50.1. The van der Waals surface area contributed by atoms with E-state index in [0.29, 0.717) is 17.9 Å². The summed E-state index contributed by atoms with van der Waals surface area (Å²) in [6, 6.07) is 15.9. The molecule has 3 aromatic rings. The van der Waals surface area contributed by atoms with Crippen LogP contribution in [0.25, 0.3) is 17.2 Å². The highest BCUT2D eigenvalue weighted by Crippen LogP contribution is 2.38. The molecule has 0 radical (unpaired) electrons. The lowest BCUT2D eigenvalue weighted by atomic mass is 9.78. The van der Waals surface area contributed by atoms with Gasteiger partial charge in [-0.25, -0.2) is 13.2 Å². The number of hydrogen-bond acceptors (Lipinski definition) is 1. The Balaban J connectivity index is 1.32. The van der Waals surface area contributed by atoms with E-state index in [2.05, 4.69) is 6.92 Å². The van der Waals surface area contributed by atoms with Gasteiger partial charge in [-0.15, -0.1) is 0 Å². The first-order chi connectivity index (χ1) is 18.0. The zero-order valence-corrected chi connectivity index (χ0v) is 21.9. The van der Waals surface area contributed by atoms with Gasteiger partial charge in [0.1, 0.15) is 11.6 Å². The second-order valence-corrected chi connectivity index (χ2v) is 10.3. The quantitative estimate of drug-likeness (QED) is 0.249. The molecule has 0 atom stereocenters. The van der Waals surface area contributed by atoms with Crippen LogP contribution in [0.4, 0.5) is 13.2 Å². The third-order valence-electron chi connectivity index (χ3n) is 7.47. The van der Waals surface area contributed by atoms with Gasteiger partial charge in [0, 0.05) is 17.2 Å². The van der Waals surface area contributed by atoms with Crippen molar-refractivity contribution < 1.29 is 17.9 Å². The molecule has 0 spiro atoms. The number of benzene rings is 3. The van der Waals surface area contributed by atoms with Gasteiger partial charge in [-0.05, 0) is 68.1 Å². The summed E-state index contributed by atoms with van der Waals surface area (Å²) in [5, 5.41) is 0.